The smallest absolute Gasteiger partial charge is 0.285 e. The number of hydrogen-bond donors (Lipinski definition) is 0. The first-order chi connectivity index (χ1) is 12.1. The van der Waals surface area contributed by atoms with Crippen LogP contribution in [0.1, 0.15) is 5.89 Å². The van der Waals surface area contributed by atoms with Gasteiger partial charge in [-0.05, 0) is 18.2 Å². The molecule has 0 aliphatic carbocycles. The fourth-order valence-electron chi connectivity index (χ4n) is 2.37. The number of ether oxygens (including phenoxy) is 2. The van der Waals surface area contributed by atoms with Crippen LogP contribution in [0.4, 0.5) is 5.69 Å². The minimum absolute atomic E-state index is 0.0714. The van der Waals surface area contributed by atoms with Crippen LogP contribution in [0.15, 0.2) is 45.8 Å². The molecule has 0 saturated heterocycles. The standard InChI is InChI=1S/C15H10N4O6/c20-14-4-2-10(19(21)22)6-18(14)7-13-16-15(17-25-13)9-1-3-11-12(5-9)24-8-23-11/h1-6H,7-8H2. The second-order valence-corrected chi connectivity index (χ2v) is 5.19. The highest BCUT2D eigenvalue weighted by Gasteiger charge is 2.17. The monoisotopic (exact) mass is 342 g/mol. The number of pyridine rings is 1. The van der Waals surface area contributed by atoms with Gasteiger partial charge in [0.2, 0.25) is 18.5 Å². The van der Waals surface area contributed by atoms with Gasteiger partial charge < -0.3 is 14.0 Å². The quantitative estimate of drug-likeness (QED) is 0.517. The van der Waals surface area contributed by atoms with Gasteiger partial charge in [-0.2, -0.15) is 4.98 Å². The van der Waals surface area contributed by atoms with Crippen LogP contribution >= 0.6 is 0 Å². The average molecular weight is 342 g/mol. The molecular formula is C15H10N4O6. The molecule has 3 aromatic rings. The lowest BCUT2D eigenvalue weighted by Crippen LogP contribution is -2.19. The summed E-state index contributed by atoms with van der Waals surface area (Å²) >= 11 is 0. The lowest BCUT2D eigenvalue weighted by atomic mass is 10.2. The summed E-state index contributed by atoms with van der Waals surface area (Å²) in [6.45, 7) is 0.0874. The second-order valence-electron chi connectivity index (χ2n) is 5.19. The van der Waals surface area contributed by atoms with E-state index in [1.807, 2.05) is 0 Å². The first-order valence-corrected chi connectivity index (χ1v) is 7.17. The van der Waals surface area contributed by atoms with Gasteiger partial charge in [-0.25, -0.2) is 0 Å². The van der Waals surface area contributed by atoms with Crippen LogP contribution < -0.4 is 15.0 Å². The second kappa shape index (κ2) is 5.74. The van der Waals surface area contributed by atoms with Gasteiger partial charge in [0.25, 0.3) is 11.2 Å². The maximum atomic E-state index is 11.8. The summed E-state index contributed by atoms with van der Waals surface area (Å²) in [6, 6.07) is 7.47. The number of benzene rings is 1. The van der Waals surface area contributed by atoms with E-state index >= 15 is 0 Å². The first kappa shape index (κ1) is 14.9. The van der Waals surface area contributed by atoms with Crippen LogP contribution in [0, 0.1) is 10.1 Å². The molecular weight excluding hydrogens is 332 g/mol. The molecule has 0 N–H and O–H groups in total. The fourth-order valence-corrected chi connectivity index (χ4v) is 2.37. The van der Waals surface area contributed by atoms with Crippen molar-refractivity contribution in [2.45, 2.75) is 6.54 Å². The third kappa shape index (κ3) is 2.80. The van der Waals surface area contributed by atoms with E-state index < -0.39 is 10.5 Å². The van der Waals surface area contributed by atoms with Gasteiger partial charge in [-0.15, -0.1) is 0 Å². The molecule has 1 aliphatic heterocycles. The lowest BCUT2D eigenvalue weighted by molar-refractivity contribution is -0.385. The molecule has 0 bridgehead atoms. The van der Waals surface area contributed by atoms with Crippen molar-refractivity contribution >= 4 is 5.69 Å². The van der Waals surface area contributed by atoms with Crippen molar-refractivity contribution in [3.8, 4) is 22.9 Å². The Labute approximate surface area is 139 Å². The Bertz CT molecular complexity index is 1020. The summed E-state index contributed by atoms with van der Waals surface area (Å²) in [5.74, 6) is 1.68. The molecule has 0 fully saturated rings. The van der Waals surface area contributed by atoms with E-state index in [0.717, 1.165) is 22.9 Å². The maximum Gasteiger partial charge on any atom is 0.285 e. The van der Waals surface area contributed by atoms with Gasteiger partial charge in [0.15, 0.2) is 11.5 Å². The summed E-state index contributed by atoms with van der Waals surface area (Å²) in [4.78, 5) is 26.3. The first-order valence-electron chi connectivity index (χ1n) is 7.17. The zero-order valence-electron chi connectivity index (χ0n) is 12.6. The van der Waals surface area contributed by atoms with Crippen molar-refractivity contribution in [2.75, 3.05) is 6.79 Å². The molecule has 1 aromatic carbocycles. The molecule has 0 atom stereocenters. The van der Waals surface area contributed by atoms with Gasteiger partial charge in [0, 0.05) is 17.7 Å². The molecule has 4 rings (SSSR count). The van der Waals surface area contributed by atoms with Gasteiger partial charge in [-0.1, -0.05) is 5.16 Å². The zero-order chi connectivity index (χ0) is 17.4. The van der Waals surface area contributed by atoms with Gasteiger partial charge in [0.1, 0.15) is 6.54 Å². The van der Waals surface area contributed by atoms with Crippen molar-refractivity contribution in [3.05, 3.63) is 62.9 Å². The molecule has 25 heavy (non-hydrogen) atoms. The van der Waals surface area contributed by atoms with E-state index in [1.54, 1.807) is 18.2 Å². The summed E-state index contributed by atoms with van der Waals surface area (Å²) in [7, 11) is 0. The Morgan fingerprint density at radius 2 is 2.04 bits per heavy atom. The third-order valence-corrected chi connectivity index (χ3v) is 3.58. The van der Waals surface area contributed by atoms with Crippen molar-refractivity contribution in [1.29, 1.82) is 0 Å². The van der Waals surface area contributed by atoms with Gasteiger partial charge in [-0.3, -0.25) is 19.5 Å². The molecule has 3 heterocycles. The number of nitro groups is 1. The molecule has 0 unspecified atom stereocenters. The molecule has 1 aliphatic rings. The predicted octanol–water partition coefficient (Wildman–Crippen LogP) is 1.58. The molecule has 126 valence electrons. The van der Waals surface area contributed by atoms with Crippen molar-refractivity contribution in [1.82, 2.24) is 14.7 Å². The third-order valence-electron chi connectivity index (χ3n) is 3.58. The predicted molar refractivity (Wildman–Crippen MR) is 82.3 cm³/mol. The molecule has 2 aromatic heterocycles. The number of rotatable bonds is 4. The van der Waals surface area contributed by atoms with Gasteiger partial charge in [0.05, 0.1) is 11.1 Å². The zero-order valence-corrected chi connectivity index (χ0v) is 12.6. The van der Waals surface area contributed by atoms with Crippen molar-refractivity contribution in [3.63, 3.8) is 0 Å². The van der Waals surface area contributed by atoms with Crippen LogP contribution in [0.2, 0.25) is 0 Å². The van der Waals surface area contributed by atoms with Gasteiger partial charge >= 0.3 is 0 Å². The van der Waals surface area contributed by atoms with E-state index in [2.05, 4.69) is 10.1 Å². The SMILES string of the molecule is O=c1ccc([N+](=O)[O-])cn1Cc1nc(-c2ccc3c(c2)OCO3)no1. The molecule has 0 saturated carbocycles. The molecule has 10 heteroatoms. The van der Waals surface area contributed by atoms with Crippen LogP contribution in [0.5, 0.6) is 11.5 Å². The molecule has 0 amide bonds. The average Bonchev–Trinajstić information content (AvgIpc) is 3.25. The summed E-state index contributed by atoms with van der Waals surface area (Å²) < 4.78 is 16.8. The number of fused-ring (bicyclic) bond motifs is 1. The summed E-state index contributed by atoms with van der Waals surface area (Å²) in [5, 5.41) is 14.7. The fraction of sp³-hybridized carbons (Fsp3) is 0.133. The van der Waals surface area contributed by atoms with E-state index in [0.29, 0.717) is 22.9 Å². The summed E-state index contributed by atoms with van der Waals surface area (Å²) in [5.41, 5.74) is 0.0502. The highest BCUT2D eigenvalue weighted by molar-refractivity contribution is 5.61. The molecule has 10 nitrogen and oxygen atoms in total. The number of aromatic nitrogens is 3. The van der Waals surface area contributed by atoms with Crippen LogP contribution in [-0.2, 0) is 6.54 Å². The molecule has 0 radical (unpaired) electrons. The topological polar surface area (TPSA) is 123 Å². The van der Waals surface area contributed by atoms with Crippen LogP contribution in [-0.4, -0.2) is 26.4 Å². The maximum absolute atomic E-state index is 11.8. The highest BCUT2D eigenvalue weighted by atomic mass is 16.7. The Kier molecular flexibility index (Phi) is 3.42. The Morgan fingerprint density at radius 3 is 2.88 bits per heavy atom. The van der Waals surface area contributed by atoms with E-state index in [1.165, 1.54) is 0 Å². The normalized spacial score (nSPS) is 12.3. The Morgan fingerprint density at radius 1 is 1.20 bits per heavy atom. The van der Waals surface area contributed by atoms with Crippen LogP contribution in [0.3, 0.4) is 0 Å². The summed E-state index contributed by atoms with van der Waals surface area (Å²) in [6.07, 6.45) is 1.13. The minimum Gasteiger partial charge on any atom is -0.454 e. The van der Waals surface area contributed by atoms with Crippen molar-refractivity contribution < 1.29 is 18.9 Å². The van der Waals surface area contributed by atoms with E-state index in [-0.39, 0.29) is 24.9 Å². The van der Waals surface area contributed by atoms with E-state index in [4.69, 9.17) is 14.0 Å². The largest absolute Gasteiger partial charge is 0.454 e. The number of nitrogens with zero attached hydrogens (tertiary/aromatic N) is 4. The Balaban J connectivity index is 1.61. The van der Waals surface area contributed by atoms with Crippen LogP contribution in [0.25, 0.3) is 11.4 Å². The highest BCUT2D eigenvalue weighted by Crippen LogP contribution is 2.35. The lowest BCUT2D eigenvalue weighted by Gasteiger charge is -2.00. The minimum atomic E-state index is -0.582. The molecule has 0 spiro atoms. The Hall–Kier alpha value is -3.69. The van der Waals surface area contributed by atoms with E-state index in [9.17, 15) is 14.9 Å². The van der Waals surface area contributed by atoms with Crippen molar-refractivity contribution in [2.24, 2.45) is 0 Å². The number of hydrogen-bond acceptors (Lipinski definition) is 8.